The molecule has 0 saturated heterocycles. The Morgan fingerprint density at radius 1 is 1.06 bits per heavy atom. The molecular formula is C23H19ClF3N3O3. The molecule has 0 N–H and O–H groups in total. The summed E-state index contributed by atoms with van der Waals surface area (Å²) in [6.07, 6.45) is -4.65. The fourth-order valence-electron chi connectivity index (χ4n) is 3.57. The molecule has 1 aliphatic heterocycles. The highest BCUT2D eigenvalue weighted by atomic mass is 35.5. The molecule has 0 bridgehead atoms. The van der Waals surface area contributed by atoms with E-state index in [1.807, 2.05) is 30.3 Å². The van der Waals surface area contributed by atoms with Gasteiger partial charge in [0.25, 0.3) is 5.56 Å². The molecule has 0 aliphatic carbocycles. The highest BCUT2D eigenvalue weighted by molar-refractivity contribution is 6.28. The van der Waals surface area contributed by atoms with Gasteiger partial charge in [-0.1, -0.05) is 42.5 Å². The van der Waals surface area contributed by atoms with E-state index < -0.39 is 23.4 Å². The zero-order chi connectivity index (χ0) is 23.6. The Labute approximate surface area is 192 Å². The van der Waals surface area contributed by atoms with E-state index in [0.29, 0.717) is 29.8 Å². The summed E-state index contributed by atoms with van der Waals surface area (Å²) in [6, 6.07) is 13.7. The van der Waals surface area contributed by atoms with Crippen molar-refractivity contribution in [3.8, 4) is 0 Å². The molecule has 3 aromatic rings. The van der Waals surface area contributed by atoms with Crippen LogP contribution in [0.2, 0.25) is 5.28 Å². The predicted octanol–water partition coefficient (Wildman–Crippen LogP) is 4.66. The van der Waals surface area contributed by atoms with Crippen molar-refractivity contribution in [1.29, 1.82) is 0 Å². The highest BCUT2D eigenvalue weighted by Crippen LogP contribution is 2.29. The molecule has 0 fully saturated rings. The highest BCUT2D eigenvalue weighted by Gasteiger charge is 2.30. The molecular weight excluding hydrogens is 459 g/mol. The van der Waals surface area contributed by atoms with Gasteiger partial charge < -0.3 is 9.64 Å². The Bertz CT molecular complexity index is 1210. The fraction of sp³-hybridized carbons (Fsp3) is 0.261. The molecule has 1 amide bonds. The summed E-state index contributed by atoms with van der Waals surface area (Å²) in [5.41, 5.74) is 0.901. The first kappa shape index (κ1) is 22.8. The first-order valence-corrected chi connectivity index (χ1v) is 10.5. The minimum Gasteiger partial charge on any atom is -0.445 e. The van der Waals surface area contributed by atoms with Gasteiger partial charge in [-0.25, -0.2) is 9.78 Å². The van der Waals surface area contributed by atoms with Gasteiger partial charge in [-0.2, -0.15) is 13.2 Å². The Morgan fingerprint density at radius 2 is 1.76 bits per heavy atom. The van der Waals surface area contributed by atoms with Crippen molar-refractivity contribution in [2.24, 2.45) is 0 Å². The van der Waals surface area contributed by atoms with Crippen LogP contribution in [0.25, 0.3) is 0 Å². The molecule has 0 unspecified atom stereocenters. The van der Waals surface area contributed by atoms with Crippen molar-refractivity contribution < 1.29 is 22.7 Å². The molecule has 4 rings (SSSR count). The third-order valence-corrected chi connectivity index (χ3v) is 5.64. The minimum absolute atomic E-state index is 0.0129. The second-order valence-corrected chi connectivity index (χ2v) is 7.94. The quantitative estimate of drug-likeness (QED) is 0.513. The standard InChI is InChI=1S/C23H19ClF3N3O3/c24-21-28-19-10-11-29(22(32)33-14-16-4-2-1-3-5-16)13-18(19)20(31)30(21)12-15-6-8-17(9-7-15)23(25,26)27/h1-9H,10-14H2. The summed E-state index contributed by atoms with van der Waals surface area (Å²) >= 11 is 6.20. The summed E-state index contributed by atoms with van der Waals surface area (Å²) in [5.74, 6) is 0. The predicted molar refractivity (Wildman–Crippen MR) is 115 cm³/mol. The maximum Gasteiger partial charge on any atom is 0.416 e. The van der Waals surface area contributed by atoms with Crippen LogP contribution in [0.4, 0.5) is 18.0 Å². The molecule has 1 aromatic heterocycles. The summed E-state index contributed by atoms with van der Waals surface area (Å²) < 4.78 is 44.9. The van der Waals surface area contributed by atoms with E-state index in [0.717, 1.165) is 17.7 Å². The SMILES string of the molecule is O=C(OCc1ccccc1)N1CCc2nc(Cl)n(Cc3ccc(C(F)(F)F)cc3)c(=O)c2C1. The average Bonchev–Trinajstić information content (AvgIpc) is 2.80. The lowest BCUT2D eigenvalue weighted by molar-refractivity contribution is -0.137. The van der Waals surface area contributed by atoms with Crippen LogP contribution in [-0.4, -0.2) is 27.1 Å². The number of nitrogens with zero attached hydrogens (tertiary/aromatic N) is 3. The lowest BCUT2D eigenvalue weighted by atomic mass is 10.1. The smallest absolute Gasteiger partial charge is 0.416 e. The van der Waals surface area contributed by atoms with Crippen LogP contribution < -0.4 is 5.56 Å². The summed E-state index contributed by atoms with van der Waals surface area (Å²) in [4.78, 5) is 31.3. The van der Waals surface area contributed by atoms with Gasteiger partial charge in [0, 0.05) is 13.0 Å². The molecule has 33 heavy (non-hydrogen) atoms. The number of rotatable bonds is 4. The molecule has 0 saturated carbocycles. The molecule has 6 nitrogen and oxygen atoms in total. The second-order valence-electron chi connectivity index (χ2n) is 7.60. The third-order valence-electron chi connectivity index (χ3n) is 5.35. The van der Waals surface area contributed by atoms with E-state index in [-0.39, 0.29) is 25.0 Å². The minimum atomic E-state index is -4.45. The molecule has 0 radical (unpaired) electrons. The van der Waals surface area contributed by atoms with Crippen molar-refractivity contribution in [2.75, 3.05) is 6.54 Å². The first-order valence-electron chi connectivity index (χ1n) is 10.1. The van der Waals surface area contributed by atoms with Crippen LogP contribution in [0.3, 0.4) is 0 Å². The average molecular weight is 478 g/mol. The van der Waals surface area contributed by atoms with Crippen LogP contribution >= 0.6 is 11.6 Å². The number of amides is 1. The second kappa shape index (κ2) is 9.27. The lowest BCUT2D eigenvalue weighted by Gasteiger charge is -2.27. The maximum atomic E-state index is 13.1. The number of hydrogen-bond donors (Lipinski definition) is 0. The first-order chi connectivity index (χ1) is 15.7. The largest absolute Gasteiger partial charge is 0.445 e. The van der Waals surface area contributed by atoms with E-state index in [1.165, 1.54) is 21.6 Å². The van der Waals surface area contributed by atoms with Crippen molar-refractivity contribution in [3.05, 3.63) is 98.2 Å². The zero-order valence-electron chi connectivity index (χ0n) is 17.3. The third kappa shape index (κ3) is 5.19. The Kier molecular flexibility index (Phi) is 6.42. The Hall–Kier alpha value is -3.33. The normalized spacial score (nSPS) is 13.5. The van der Waals surface area contributed by atoms with E-state index in [9.17, 15) is 22.8 Å². The number of alkyl halides is 3. The van der Waals surface area contributed by atoms with Crippen LogP contribution in [-0.2, 0) is 37.0 Å². The molecule has 172 valence electrons. The van der Waals surface area contributed by atoms with Gasteiger partial charge in [0.05, 0.1) is 29.9 Å². The van der Waals surface area contributed by atoms with E-state index in [1.54, 1.807) is 0 Å². The summed E-state index contributed by atoms with van der Waals surface area (Å²) in [7, 11) is 0. The van der Waals surface area contributed by atoms with Crippen molar-refractivity contribution >= 4 is 17.7 Å². The fourth-order valence-corrected chi connectivity index (χ4v) is 3.81. The number of fused-ring (bicyclic) bond motifs is 1. The molecule has 1 aliphatic rings. The van der Waals surface area contributed by atoms with Crippen LogP contribution in [0.15, 0.2) is 59.4 Å². The molecule has 0 spiro atoms. The summed E-state index contributed by atoms with van der Waals surface area (Å²) in [5, 5.41) is -0.0567. The topological polar surface area (TPSA) is 64.4 Å². The number of carbonyl (C=O) groups excluding carboxylic acids is 1. The number of hydrogen-bond acceptors (Lipinski definition) is 4. The van der Waals surface area contributed by atoms with Crippen molar-refractivity contribution in [3.63, 3.8) is 0 Å². The Balaban J connectivity index is 1.50. The summed E-state index contributed by atoms with van der Waals surface area (Å²) in [6.45, 7) is 0.403. The molecule has 0 atom stereocenters. The zero-order valence-corrected chi connectivity index (χ0v) is 18.1. The van der Waals surface area contributed by atoms with Gasteiger partial charge in [0.2, 0.25) is 5.28 Å². The van der Waals surface area contributed by atoms with Crippen molar-refractivity contribution in [1.82, 2.24) is 14.5 Å². The van der Waals surface area contributed by atoms with Gasteiger partial charge in [-0.05, 0) is 34.9 Å². The van der Waals surface area contributed by atoms with Gasteiger partial charge in [-0.3, -0.25) is 9.36 Å². The molecule has 2 aromatic carbocycles. The van der Waals surface area contributed by atoms with Crippen LogP contribution in [0.5, 0.6) is 0 Å². The lowest BCUT2D eigenvalue weighted by Crippen LogP contribution is -2.41. The van der Waals surface area contributed by atoms with Gasteiger partial charge in [-0.15, -0.1) is 0 Å². The van der Waals surface area contributed by atoms with E-state index in [4.69, 9.17) is 16.3 Å². The van der Waals surface area contributed by atoms with Gasteiger partial charge >= 0.3 is 12.3 Å². The van der Waals surface area contributed by atoms with Crippen LogP contribution in [0.1, 0.15) is 27.9 Å². The van der Waals surface area contributed by atoms with E-state index in [2.05, 4.69) is 4.98 Å². The van der Waals surface area contributed by atoms with E-state index >= 15 is 0 Å². The van der Waals surface area contributed by atoms with Crippen LogP contribution in [0, 0.1) is 0 Å². The van der Waals surface area contributed by atoms with Crippen molar-refractivity contribution in [2.45, 2.75) is 32.3 Å². The molecule has 2 heterocycles. The number of carbonyl (C=O) groups is 1. The number of ether oxygens (including phenoxy) is 1. The number of aromatic nitrogens is 2. The molecule has 10 heteroatoms. The Morgan fingerprint density at radius 3 is 2.42 bits per heavy atom. The van der Waals surface area contributed by atoms with Gasteiger partial charge in [0.15, 0.2) is 0 Å². The monoisotopic (exact) mass is 477 g/mol. The number of benzene rings is 2. The van der Waals surface area contributed by atoms with Gasteiger partial charge in [0.1, 0.15) is 6.61 Å². The maximum absolute atomic E-state index is 13.1. The number of halogens is 4.